The summed E-state index contributed by atoms with van der Waals surface area (Å²) in [5.41, 5.74) is 0.663. The topological polar surface area (TPSA) is 59.2 Å². The van der Waals surface area contributed by atoms with E-state index in [1.54, 1.807) is 17.8 Å². The van der Waals surface area contributed by atoms with Crippen molar-refractivity contribution in [2.24, 2.45) is 0 Å². The molecule has 0 saturated carbocycles. The summed E-state index contributed by atoms with van der Waals surface area (Å²) < 4.78 is 18.8. The molecule has 1 saturated heterocycles. The average Bonchev–Trinajstić information content (AvgIpc) is 2.97. The van der Waals surface area contributed by atoms with E-state index in [0.717, 1.165) is 5.75 Å². The van der Waals surface area contributed by atoms with Crippen LogP contribution in [-0.4, -0.2) is 32.9 Å². The molecule has 4 nitrogen and oxygen atoms in total. The zero-order valence-corrected chi connectivity index (χ0v) is 12.1. The molecular formula is C12H10BrFN2O2S. The third-order valence-electron chi connectivity index (χ3n) is 2.98. The number of thioether (sulfide) groups is 1. The molecule has 3 rings (SSSR count). The van der Waals surface area contributed by atoms with Crippen LogP contribution in [0.15, 0.2) is 27.2 Å². The molecule has 1 aromatic carbocycles. The highest BCUT2D eigenvalue weighted by Gasteiger charge is 2.32. The van der Waals surface area contributed by atoms with Crippen LogP contribution < -0.4 is 0 Å². The zero-order chi connectivity index (χ0) is 13.4. The van der Waals surface area contributed by atoms with Gasteiger partial charge in [-0.2, -0.15) is 16.7 Å². The van der Waals surface area contributed by atoms with Gasteiger partial charge in [0.25, 0.3) is 0 Å². The lowest BCUT2D eigenvalue weighted by Crippen LogP contribution is -2.15. The van der Waals surface area contributed by atoms with Crippen molar-refractivity contribution in [3.05, 3.63) is 34.4 Å². The van der Waals surface area contributed by atoms with E-state index in [1.165, 1.54) is 12.1 Å². The standard InChI is InChI=1S/C12H10BrFN2O2S/c13-9-3-6(14)1-2-7(9)11-15-12(18-16-11)8-4-19-5-10(8)17/h1-3,8,10,17H,4-5H2. The molecule has 2 aromatic rings. The van der Waals surface area contributed by atoms with Crippen LogP contribution in [-0.2, 0) is 0 Å². The average molecular weight is 345 g/mol. The van der Waals surface area contributed by atoms with Crippen molar-refractivity contribution in [3.8, 4) is 11.4 Å². The number of nitrogens with zero attached hydrogens (tertiary/aromatic N) is 2. The summed E-state index contributed by atoms with van der Waals surface area (Å²) in [6, 6.07) is 4.29. The third-order valence-corrected chi connectivity index (χ3v) is 4.81. The highest BCUT2D eigenvalue weighted by atomic mass is 79.9. The second-order valence-electron chi connectivity index (χ2n) is 4.29. The third kappa shape index (κ3) is 2.54. The van der Waals surface area contributed by atoms with E-state index in [1.807, 2.05) is 0 Å². The number of rotatable bonds is 2. The van der Waals surface area contributed by atoms with E-state index >= 15 is 0 Å². The second kappa shape index (κ2) is 5.22. The summed E-state index contributed by atoms with van der Waals surface area (Å²) in [6.07, 6.45) is -0.449. The largest absolute Gasteiger partial charge is 0.391 e. The Kier molecular flexibility index (Phi) is 3.60. The fourth-order valence-corrected chi connectivity index (χ4v) is 3.70. The number of aliphatic hydroxyl groups is 1. The maximum Gasteiger partial charge on any atom is 0.233 e. The van der Waals surface area contributed by atoms with E-state index in [-0.39, 0.29) is 11.7 Å². The number of hydrogen-bond donors (Lipinski definition) is 1. The Morgan fingerprint density at radius 1 is 1.42 bits per heavy atom. The molecule has 100 valence electrons. The van der Waals surface area contributed by atoms with Crippen LogP contribution in [0.25, 0.3) is 11.4 Å². The number of aromatic nitrogens is 2. The Morgan fingerprint density at radius 3 is 2.95 bits per heavy atom. The van der Waals surface area contributed by atoms with Crippen molar-refractivity contribution in [3.63, 3.8) is 0 Å². The molecule has 1 aliphatic heterocycles. The van der Waals surface area contributed by atoms with Crippen LogP contribution in [0.2, 0.25) is 0 Å². The summed E-state index contributed by atoms with van der Waals surface area (Å²) >= 11 is 4.93. The van der Waals surface area contributed by atoms with Crippen LogP contribution in [0.1, 0.15) is 11.8 Å². The lowest BCUT2D eigenvalue weighted by molar-refractivity contribution is 0.164. The second-order valence-corrected chi connectivity index (χ2v) is 6.22. The smallest absolute Gasteiger partial charge is 0.233 e. The van der Waals surface area contributed by atoms with Gasteiger partial charge in [-0.15, -0.1) is 0 Å². The molecule has 19 heavy (non-hydrogen) atoms. The summed E-state index contributed by atoms with van der Waals surface area (Å²) in [4.78, 5) is 4.30. The Morgan fingerprint density at radius 2 is 2.26 bits per heavy atom. The quantitative estimate of drug-likeness (QED) is 0.907. The highest BCUT2D eigenvalue weighted by Crippen LogP contribution is 2.34. The number of halogens is 2. The van der Waals surface area contributed by atoms with Gasteiger partial charge in [0.2, 0.25) is 11.7 Å². The van der Waals surface area contributed by atoms with Gasteiger partial charge in [0.15, 0.2) is 0 Å². The van der Waals surface area contributed by atoms with Crippen LogP contribution in [0.3, 0.4) is 0 Å². The highest BCUT2D eigenvalue weighted by molar-refractivity contribution is 9.10. The number of benzene rings is 1. The fourth-order valence-electron chi connectivity index (χ4n) is 1.94. The molecule has 1 aromatic heterocycles. The van der Waals surface area contributed by atoms with Gasteiger partial charge in [-0.1, -0.05) is 5.16 Å². The molecule has 0 bridgehead atoms. The Labute approximate surface area is 121 Å². The first kappa shape index (κ1) is 13.1. The van der Waals surface area contributed by atoms with E-state index in [0.29, 0.717) is 27.5 Å². The molecule has 0 aliphatic carbocycles. The van der Waals surface area contributed by atoms with E-state index in [4.69, 9.17) is 4.52 Å². The molecule has 7 heteroatoms. The Balaban J connectivity index is 1.92. The molecule has 1 fully saturated rings. The minimum atomic E-state index is -0.449. The fraction of sp³-hybridized carbons (Fsp3) is 0.333. The van der Waals surface area contributed by atoms with Gasteiger partial charge >= 0.3 is 0 Å². The van der Waals surface area contributed by atoms with Crippen molar-refractivity contribution in [1.82, 2.24) is 10.1 Å². The molecule has 1 aliphatic rings. The van der Waals surface area contributed by atoms with Gasteiger partial charge in [-0.25, -0.2) is 4.39 Å². The predicted molar refractivity (Wildman–Crippen MR) is 73.5 cm³/mol. The zero-order valence-electron chi connectivity index (χ0n) is 9.72. The molecule has 0 amide bonds. The normalized spacial score (nSPS) is 22.9. The van der Waals surface area contributed by atoms with Crippen molar-refractivity contribution in [1.29, 1.82) is 0 Å². The predicted octanol–water partition coefficient (Wildman–Crippen LogP) is 2.83. The van der Waals surface area contributed by atoms with Crippen LogP contribution >= 0.6 is 27.7 Å². The van der Waals surface area contributed by atoms with Crippen molar-refractivity contribution in [2.75, 3.05) is 11.5 Å². The van der Waals surface area contributed by atoms with Crippen molar-refractivity contribution < 1.29 is 14.0 Å². The lowest BCUT2D eigenvalue weighted by Gasteiger charge is -2.06. The first-order chi connectivity index (χ1) is 9.15. The molecule has 2 unspecified atom stereocenters. The SMILES string of the molecule is OC1CSCC1c1nc(-c2ccc(F)cc2Br)no1. The minimum absolute atomic E-state index is 0.120. The molecular weight excluding hydrogens is 335 g/mol. The van der Waals surface area contributed by atoms with Crippen LogP contribution in [0.4, 0.5) is 4.39 Å². The van der Waals surface area contributed by atoms with Crippen LogP contribution in [0.5, 0.6) is 0 Å². The molecule has 1 N–H and O–H groups in total. The Hall–Kier alpha value is -0.920. The summed E-state index contributed by atoms with van der Waals surface area (Å²) in [5, 5.41) is 13.7. The first-order valence-corrected chi connectivity index (χ1v) is 7.65. The van der Waals surface area contributed by atoms with E-state index < -0.39 is 6.10 Å². The van der Waals surface area contributed by atoms with Gasteiger partial charge in [0, 0.05) is 21.5 Å². The number of hydrogen-bond acceptors (Lipinski definition) is 5. The minimum Gasteiger partial charge on any atom is -0.391 e. The summed E-state index contributed by atoms with van der Waals surface area (Å²) in [7, 11) is 0. The lowest BCUT2D eigenvalue weighted by atomic mass is 10.1. The summed E-state index contributed by atoms with van der Waals surface area (Å²) in [6.45, 7) is 0. The molecule has 0 spiro atoms. The van der Waals surface area contributed by atoms with Gasteiger partial charge in [0.1, 0.15) is 5.82 Å². The molecule has 0 radical (unpaired) electrons. The van der Waals surface area contributed by atoms with Gasteiger partial charge < -0.3 is 9.63 Å². The first-order valence-electron chi connectivity index (χ1n) is 5.70. The molecule has 2 heterocycles. The van der Waals surface area contributed by atoms with E-state index in [9.17, 15) is 9.50 Å². The monoisotopic (exact) mass is 344 g/mol. The number of aliphatic hydroxyl groups excluding tert-OH is 1. The maximum atomic E-state index is 13.0. The van der Waals surface area contributed by atoms with Crippen molar-refractivity contribution in [2.45, 2.75) is 12.0 Å². The van der Waals surface area contributed by atoms with Gasteiger partial charge in [0.05, 0.1) is 12.0 Å². The van der Waals surface area contributed by atoms with Crippen molar-refractivity contribution >= 4 is 27.7 Å². The Bertz CT molecular complexity index is 607. The van der Waals surface area contributed by atoms with Gasteiger partial charge in [-0.05, 0) is 34.1 Å². The summed E-state index contributed by atoms with van der Waals surface area (Å²) in [5.74, 6) is 1.83. The van der Waals surface area contributed by atoms with E-state index in [2.05, 4.69) is 26.1 Å². The van der Waals surface area contributed by atoms with Crippen LogP contribution in [0, 0.1) is 5.82 Å². The maximum absolute atomic E-state index is 13.0. The molecule has 2 atom stereocenters. The van der Waals surface area contributed by atoms with Gasteiger partial charge in [-0.3, -0.25) is 0 Å².